The van der Waals surface area contributed by atoms with Crippen molar-refractivity contribution in [3.8, 4) is 0 Å². The van der Waals surface area contributed by atoms with Gasteiger partial charge in [0, 0.05) is 18.9 Å². The van der Waals surface area contributed by atoms with Crippen molar-refractivity contribution in [2.45, 2.75) is 53.4 Å². The van der Waals surface area contributed by atoms with Crippen LogP contribution in [0.25, 0.3) is 0 Å². The summed E-state index contributed by atoms with van der Waals surface area (Å²) in [5.74, 6) is 0.913. The third kappa shape index (κ3) is 5.16. The van der Waals surface area contributed by atoms with Crippen LogP contribution in [0, 0.1) is 12.3 Å². The summed E-state index contributed by atoms with van der Waals surface area (Å²) in [6.07, 6.45) is 8.64. The molecule has 0 saturated carbocycles. The summed E-state index contributed by atoms with van der Waals surface area (Å²) >= 11 is 0. The molecule has 96 valence electrons. The fourth-order valence-corrected chi connectivity index (χ4v) is 1.85. The van der Waals surface area contributed by atoms with Gasteiger partial charge < -0.3 is 5.32 Å². The van der Waals surface area contributed by atoms with Crippen molar-refractivity contribution in [3.05, 3.63) is 18.1 Å². The highest BCUT2D eigenvalue weighted by Crippen LogP contribution is 2.24. The lowest BCUT2D eigenvalue weighted by atomic mass is 9.87. The van der Waals surface area contributed by atoms with Gasteiger partial charge in [-0.2, -0.15) is 0 Å². The maximum Gasteiger partial charge on any atom is 0.147 e. The van der Waals surface area contributed by atoms with Gasteiger partial charge in [-0.15, -0.1) is 0 Å². The van der Waals surface area contributed by atoms with Gasteiger partial charge in [-0.1, -0.05) is 40.0 Å². The number of nitrogens with zero attached hydrogens (tertiary/aromatic N) is 2. The molecule has 0 aliphatic carbocycles. The SMILES string of the molecule is CCCCCC(C)(C)CNc1nccnc1C. The first-order valence-corrected chi connectivity index (χ1v) is 6.56. The summed E-state index contributed by atoms with van der Waals surface area (Å²) in [5.41, 5.74) is 1.29. The second kappa shape index (κ2) is 6.58. The Morgan fingerprint density at radius 3 is 2.53 bits per heavy atom. The summed E-state index contributed by atoms with van der Waals surface area (Å²) in [7, 11) is 0. The number of unbranched alkanes of at least 4 members (excludes halogenated alkanes) is 2. The van der Waals surface area contributed by atoms with Crippen molar-refractivity contribution < 1.29 is 0 Å². The molecule has 17 heavy (non-hydrogen) atoms. The normalized spacial score (nSPS) is 11.5. The second-order valence-corrected chi connectivity index (χ2v) is 5.47. The van der Waals surface area contributed by atoms with Crippen LogP contribution >= 0.6 is 0 Å². The summed E-state index contributed by atoms with van der Waals surface area (Å²) in [6, 6.07) is 0. The molecule has 0 saturated heterocycles. The number of aryl methyl sites for hydroxylation is 1. The molecule has 0 atom stereocenters. The smallest absolute Gasteiger partial charge is 0.147 e. The van der Waals surface area contributed by atoms with Crippen LogP contribution in [-0.2, 0) is 0 Å². The fourth-order valence-electron chi connectivity index (χ4n) is 1.85. The maximum atomic E-state index is 4.30. The van der Waals surface area contributed by atoms with Crippen molar-refractivity contribution in [3.63, 3.8) is 0 Å². The Morgan fingerprint density at radius 2 is 1.88 bits per heavy atom. The number of aromatic nitrogens is 2. The zero-order chi connectivity index (χ0) is 12.7. The van der Waals surface area contributed by atoms with Crippen LogP contribution in [0.1, 0.15) is 52.1 Å². The Balaban J connectivity index is 2.41. The Morgan fingerprint density at radius 1 is 1.18 bits per heavy atom. The van der Waals surface area contributed by atoms with Gasteiger partial charge in [-0.3, -0.25) is 4.98 Å². The van der Waals surface area contributed by atoms with E-state index in [1.54, 1.807) is 12.4 Å². The molecule has 0 fully saturated rings. The highest BCUT2D eigenvalue weighted by molar-refractivity contribution is 5.38. The van der Waals surface area contributed by atoms with Crippen molar-refractivity contribution >= 4 is 5.82 Å². The predicted octanol–water partition coefficient (Wildman–Crippen LogP) is 3.80. The Bertz CT molecular complexity index is 334. The first-order valence-electron chi connectivity index (χ1n) is 6.56. The molecule has 1 heterocycles. The minimum atomic E-state index is 0.319. The van der Waals surface area contributed by atoms with E-state index >= 15 is 0 Å². The predicted molar refractivity (Wildman–Crippen MR) is 73.2 cm³/mol. The monoisotopic (exact) mass is 235 g/mol. The second-order valence-electron chi connectivity index (χ2n) is 5.47. The van der Waals surface area contributed by atoms with E-state index < -0.39 is 0 Å². The number of anilines is 1. The van der Waals surface area contributed by atoms with Crippen LogP contribution in [0.4, 0.5) is 5.82 Å². The van der Waals surface area contributed by atoms with Crippen LogP contribution in [0.2, 0.25) is 0 Å². The van der Waals surface area contributed by atoms with Gasteiger partial charge in [-0.25, -0.2) is 4.98 Å². The Kier molecular flexibility index (Phi) is 5.39. The molecular weight excluding hydrogens is 210 g/mol. The van der Waals surface area contributed by atoms with Crippen molar-refractivity contribution in [1.82, 2.24) is 9.97 Å². The summed E-state index contributed by atoms with van der Waals surface area (Å²) in [6.45, 7) is 9.80. The van der Waals surface area contributed by atoms with Crippen LogP contribution in [0.15, 0.2) is 12.4 Å². The van der Waals surface area contributed by atoms with E-state index in [-0.39, 0.29) is 0 Å². The summed E-state index contributed by atoms with van der Waals surface area (Å²) in [4.78, 5) is 8.53. The van der Waals surface area contributed by atoms with Gasteiger partial charge in [0.25, 0.3) is 0 Å². The van der Waals surface area contributed by atoms with Crippen LogP contribution in [-0.4, -0.2) is 16.5 Å². The fraction of sp³-hybridized carbons (Fsp3) is 0.714. The van der Waals surface area contributed by atoms with Gasteiger partial charge in [0.15, 0.2) is 0 Å². The standard InChI is InChI=1S/C14H25N3/c1-5-6-7-8-14(3,4)11-17-13-12(2)15-9-10-16-13/h9-10H,5-8,11H2,1-4H3,(H,16,17). The number of rotatable bonds is 7. The van der Waals surface area contributed by atoms with E-state index in [0.717, 1.165) is 18.1 Å². The molecule has 0 aliphatic heterocycles. The molecule has 1 N–H and O–H groups in total. The van der Waals surface area contributed by atoms with E-state index in [2.05, 4.69) is 36.1 Å². The number of nitrogens with one attached hydrogen (secondary N) is 1. The molecule has 0 aromatic carbocycles. The highest BCUT2D eigenvalue weighted by Gasteiger charge is 2.17. The molecule has 1 aromatic rings. The van der Waals surface area contributed by atoms with Crippen molar-refractivity contribution in [2.24, 2.45) is 5.41 Å². The third-order valence-corrected chi connectivity index (χ3v) is 3.07. The summed E-state index contributed by atoms with van der Waals surface area (Å²) < 4.78 is 0. The van der Waals surface area contributed by atoms with E-state index in [0.29, 0.717) is 5.41 Å². The zero-order valence-electron chi connectivity index (χ0n) is 11.6. The van der Waals surface area contributed by atoms with Crippen LogP contribution in [0.5, 0.6) is 0 Å². The quantitative estimate of drug-likeness (QED) is 0.730. The van der Waals surface area contributed by atoms with E-state index in [9.17, 15) is 0 Å². The lowest BCUT2D eigenvalue weighted by Gasteiger charge is -2.25. The van der Waals surface area contributed by atoms with Crippen LogP contribution < -0.4 is 5.32 Å². The minimum absolute atomic E-state index is 0.319. The molecule has 0 amide bonds. The van der Waals surface area contributed by atoms with Crippen LogP contribution in [0.3, 0.4) is 0 Å². The molecular formula is C14H25N3. The van der Waals surface area contributed by atoms with E-state index in [1.165, 1.54) is 25.7 Å². The van der Waals surface area contributed by atoms with Gasteiger partial charge in [0.2, 0.25) is 0 Å². The van der Waals surface area contributed by atoms with Gasteiger partial charge in [-0.05, 0) is 18.8 Å². The molecule has 1 rings (SSSR count). The summed E-state index contributed by atoms with van der Waals surface area (Å²) in [5, 5.41) is 3.41. The lowest BCUT2D eigenvalue weighted by molar-refractivity contribution is 0.342. The number of hydrogen-bond acceptors (Lipinski definition) is 3. The zero-order valence-corrected chi connectivity index (χ0v) is 11.6. The number of hydrogen-bond donors (Lipinski definition) is 1. The average Bonchev–Trinajstić information content (AvgIpc) is 2.28. The largest absolute Gasteiger partial charge is 0.368 e. The first-order chi connectivity index (χ1) is 8.05. The molecule has 0 aliphatic rings. The first kappa shape index (κ1) is 13.9. The van der Waals surface area contributed by atoms with Gasteiger partial charge in [0.1, 0.15) is 5.82 Å². The third-order valence-electron chi connectivity index (χ3n) is 3.07. The van der Waals surface area contributed by atoms with Crippen molar-refractivity contribution in [1.29, 1.82) is 0 Å². The van der Waals surface area contributed by atoms with Crippen molar-refractivity contribution in [2.75, 3.05) is 11.9 Å². The average molecular weight is 235 g/mol. The van der Waals surface area contributed by atoms with E-state index in [4.69, 9.17) is 0 Å². The van der Waals surface area contributed by atoms with E-state index in [1.807, 2.05) is 6.92 Å². The molecule has 0 spiro atoms. The maximum absolute atomic E-state index is 4.30. The minimum Gasteiger partial charge on any atom is -0.368 e. The lowest BCUT2D eigenvalue weighted by Crippen LogP contribution is -2.23. The molecule has 3 nitrogen and oxygen atoms in total. The Hall–Kier alpha value is -1.12. The van der Waals surface area contributed by atoms with Gasteiger partial charge >= 0.3 is 0 Å². The molecule has 0 unspecified atom stereocenters. The Labute approximate surface area is 105 Å². The molecule has 1 aromatic heterocycles. The molecule has 3 heteroatoms. The topological polar surface area (TPSA) is 37.8 Å². The highest BCUT2D eigenvalue weighted by atomic mass is 15.0. The van der Waals surface area contributed by atoms with Gasteiger partial charge in [0.05, 0.1) is 5.69 Å². The molecule has 0 bridgehead atoms. The molecule has 0 radical (unpaired) electrons.